The van der Waals surface area contributed by atoms with Gasteiger partial charge >= 0.3 is 6.01 Å². The number of nitrogens with one attached hydrogen (secondary N) is 1. The minimum absolute atomic E-state index is 0.0288. The molecule has 2 N–H and O–H groups in total. The van der Waals surface area contributed by atoms with Crippen LogP contribution < -0.4 is 15.0 Å². The number of piperazine rings is 1. The van der Waals surface area contributed by atoms with Crippen molar-refractivity contribution in [3.63, 3.8) is 0 Å². The third-order valence-electron chi connectivity index (χ3n) is 10.4. The van der Waals surface area contributed by atoms with Gasteiger partial charge in [0, 0.05) is 49.1 Å². The van der Waals surface area contributed by atoms with E-state index in [2.05, 4.69) is 15.1 Å². The molecule has 3 aromatic rings. The van der Waals surface area contributed by atoms with E-state index in [1.54, 1.807) is 6.07 Å². The van der Waals surface area contributed by atoms with E-state index in [1.165, 1.54) is 12.1 Å². The maximum absolute atomic E-state index is 15.1. The molecule has 222 valence electrons. The van der Waals surface area contributed by atoms with Crippen molar-refractivity contribution in [2.45, 2.75) is 81.1 Å². The molecule has 1 unspecified atom stereocenters. The molecular weight excluding hydrogens is 543 g/mol. The lowest BCUT2D eigenvalue weighted by molar-refractivity contribution is 0.107. The van der Waals surface area contributed by atoms with Crippen LogP contribution in [0.1, 0.15) is 61.3 Å². The first kappa shape index (κ1) is 26.5. The van der Waals surface area contributed by atoms with Gasteiger partial charge in [0.05, 0.1) is 11.2 Å². The molecule has 1 aromatic heterocycles. The highest BCUT2D eigenvalue weighted by molar-refractivity contribution is 5.88. The lowest BCUT2D eigenvalue weighted by Crippen LogP contribution is -2.51. The SMILES string of the molecule is Oc1cc(C2CCc3c(nc(OC[C@@]45CCCN4C[C@H](F)C5)nc3N3C[C@H]4CC[C@@H](C3)N4)C2)c2c(F)c(F)ccc2c1. The van der Waals surface area contributed by atoms with Crippen LogP contribution in [0.15, 0.2) is 24.3 Å². The van der Waals surface area contributed by atoms with Gasteiger partial charge in [0.2, 0.25) is 0 Å². The van der Waals surface area contributed by atoms with E-state index < -0.39 is 17.8 Å². The highest BCUT2D eigenvalue weighted by Gasteiger charge is 2.49. The van der Waals surface area contributed by atoms with Gasteiger partial charge in [-0.05, 0) is 86.6 Å². The summed E-state index contributed by atoms with van der Waals surface area (Å²) in [6, 6.07) is 6.80. The van der Waals surface area contributed by atoms with Gasteiger partial charge in [0.1, 0.15) is 24.3 Å². The smallest absolute Gasteiger partial charge is 0.318 e. The second-order valence-corrected chi connectivity index (χ2v) is 13.1. The molecule has 0 radical (unpaired) electrons. The molecule has 2 aromatic carbocycles. The Bertz CT molecular complexity index is 1540. The maximum atomic E-state index is 15.1. The van der Waals surface area contributed by atoms with Crippen LogP contribution in [0.3, 0.4) is 0 Å². The monoisotopic (exact) mass is 579 g/mol. The van der Waals surface area contributed by atoms with Crippen molar-refractivity contribution in [3.05, 3.63) is 52.7 Å². The predicted octanol–water partition coefficient (Wildman–Crippen LogP) is 4.78. The molecule has 0 amide bonds. The highest BCUT2D eigenvalue weighted by Crippen LogP contribution is 2.43. The number of hydrogen-bond donors (Lipinski definition) is 2. The number of nitrogens with zero attached hydrogens (tertiary/aromatic N) is 4. The van der Waals surface area contributed by atoms with E-state index in [4.69, 9.17) is 14.7 Å². The van der Waals surface area contributed by atoms with Crippen molar-refractivity contribution in [3.8, 4) is 11.8 Å². The summed E-state index contributed by atoms with van der Waals surface area (Å²) in [4.78, 5) is 14.5. The number of hydrogen-bond acceptors (Lipinski definition) is 7. The zero-order valence-electron chi connectivity index (χ0n) is 23.6. The number of rotatable bonds is 5. The summed E-state index contributed by atoms with van der Waals surface area (Å²) in [5, 5.41) is 14.9. The van der Waals surface area contributed by atoms with Gasteiger partial charge in [-0.3, -0.25) is 4.90 Å². The Hall–Kier alpha value is -3.11. The van der Waals surface area contributed by atoms with Crippen LogP contribution in [-0.2, 0) is 12.8 Å². The third-order valence-corrected chi connectivity index (χ3v) is 10.4. The van der Waals surface area contributed by atoms with Crippen molar-refractivity contribution in [1.29, 1.82) is 0 Å². The molecule has 1 aliphatic carbocycles. The normalized spacial score (nSPS) is 30.6. The third kappa shape index (κ3) is 4.40. The molecule has 5 heterocycles. The minimum atomic E-state index is -0.901. The highest BCUT2D eigenvalue weighted by atomic mass is 19.2. The van der Waals surface area contributed by atoms with E-state index in [0.717, 1.165) is 68.5 Å². The molecule has 4 saturated heterocycles. The summed E-state index contributed by atoms with van der Waals surface area (Å²) in [6.07, 6.45) is 5.75. The van der Waals surface area contributed by atoms with E-state index in [1.807, 2.05) is 0 Å². The Labute approximate surface area is 243 Å². The average molecular weight is 580 g/mol. The van der Waals surface area contributed by atoms with Gasteiger partial charge in [-0.15, -0.1) is 0 Å². The topological polar surface area (TPSA) is 73.8 Å². The molecule has 4 aliphatic heterocycles. The van der Waals surface area contributed by atoms with Gasteiger partial charge in [0.25, 0.3) is 0 Å². The van der Waals surface area contributed by atoms with Gasteiger partial charge < -0.3 is 20.1 Å². The first-order chi connectivity index (χ1) is 20.3. The zero-order chi connectivity index (χ0) is 28.6. The fourth-order valence-corrected chi connectivity index (χ4v) is 8.52. The lowest BCUT2D eigenvalue weighted by atomic mass is 9.80. The number of halogens is 3. The van der Waals surface area contributed by atoms with Crippen LogP contribution in [0.25, 0.3) is 10.8 Å². The average Bonchev–Trinajstić information content (AvgIpc) is 3.63. The lowest BCUT2D eigenvalue weighted by Gasteiger charge is -2.37. The summed E-state index contributed by atoms with van der Waals surface area (Å²) < 4.78 is 50.2. The standard InChI is InChI=1S/C32H36F3N5O2/c33-20-13-32(8-1-9-40(32)14-20)17-42-31-37-27-11-18(25-12-23(41)10-19-3-7-26(34)29(35)28(19)25)2-6-24(27)30(38-31)39-15-21-4-5-22(16-39)36-21/h3,7,10,12,18,20-22,36,41H,1-2,4-6,8-9,11,13-17H2/t18?,20-,21-,22+,32+/m1/s1. The van der Waals surface area contributed by atoms with Crippen molar-refractivity contribution < 1.29 is 23.0 Å². The first-order valence-electron chi connectivity index (χ1n) is 15.4. The molecule has 42 heavy (non-hydrogen) atoms. The molecule has 0 saturated carbocycles. The number of benzene rings is 2. The fraction of sp³-hybridized carbons (Fsp3) is 0.562. The molecule has 0 spiro atoms. The van der Waals surface area contributed by atoms with Crippen LogP contribution in [0.4, 0.5) is 19.0 Å². The van der Waals surface area contributed by atoms with Crippen molar-refractivity contribution in [1.82, 2.24) is 20.2 Å². The number of alkyl halides is 1. The summed E-state index contributed by atoms with van der Waals surface area (Å²) in [5.41, 5.74) is 2.22. The first-order valence-corrected chi connectivity index (χ1v) is 15.4. The Balaban J connectivity index is 1.16. The van der Waals surface area contributed by atoms with Gasteiger partial charge in [-0.1, -0.05) is 6.07 Å². The maximum Gasteiger partial charge on any atom is 0.318 e. The summed E-state index contributed by atoms with van der Waals surface area (Å²) in [7, 11) is 0. The number of fused-ring (bicyclic) bond motifs is 5. The van der Waals surface area contributed by atoms with Crippen LogP contribution >= 0.6 is 0 Å². The molecule has 10 heteroatoms. The molecular formula is C32H36F3N5O2. The molecule has 5 aliphatic rings. The van der Waals surface area contributed by atoms with E-state index in [0.29, 0.717) is 67.9 Å². The van der Waals surface area contributed by atoms with Crippen LogP contribution in [0, 0.1) is 11.6 Å². The molecule has 7 nitrogen and oxygen atoms in total. The largest absolute Gasteiger partial charge is 0.508 e. The van der Waals surface area contributed by atoms with Gasteiger partial charge in [-0.2, -0.15) is 9.97 Å². The second-order valence-electron chi connectivity index (χ2n) is 13.1. The van der Waals surface area contributed by atoms with Gasteiger partial charge in [-0.25, -0.2) is 13.2 Å². The number of ether oxygens (including phenoxy) is 1. The number of aromatic hydroxyl groups is 1. The van der Waals surface area contributed by atoms with Crippen LogP contribution in [0.2, 0.25) is 0 Å². The van der Waals surface area contributed by atoms with Crippen molar-refractivity contribution in [2.75, 3.05) is 37.7 Å². The fourth-order valence-electron chi connectivity index (χ4n) is 8.52. The van der Waals surface area contributed by atoms with Crippen LogP contribution in [-0.4, -0.2) is 76.6 Å². The summed E-state index contributed by atoms with van der Waals surface area (Å²) in [6.45, 7) is 3.43. The number of phenolic OH excluding ortho intramolecular Hbond substituents is 1. The van der Waals surface area contributed by atoms with E-state index in [9.17, 15) is 13.9 Å². The van der Waals surface area contributed by atoms with Crippen molar-refractivity contribution >= 4 is 16.6 Å². The Morgan fingerprint density at radius 3 is 2.74 bits per heavy atom. The second kappa shape index (κ2) is 9.98. The number of aromatic nitrogens is 2. The van der Waals surface area contributed by atoms with Gasteiger partial charge in [0.15, 0.2) is 11.6 Å². The molecule has 5 atom stereocenters. The summed E-state index contributed by atoms with van der Waals surface area (Å²) in [5.74, 6) is -1.02. The Kier molecular flexibility index (Phi) is 6.30. The summed E-state index contributed by atoms with van der Waals surface area (Å²) >= 11 is 0. The van der Waals surface area contributed by atoms with Crippen molar-refractivity contribution in [2.24, 2.45) is 0 Å². The van der Waals surface area contributed by atoms with E-state index in [-0.39, 0.29) is 22.6 Å². The molecule has 4 fully saturated rings. The predicted molar refractivity (Wildman–Crippen MR) is 153 cm³/mol. The molecule has 2 bridgehead atoms. The number of anilines is 1. The number of phenols is 1. The van der Waals surface area contributed by atoms with E-state index >= 15 is 4.39 Å². The Morgan fingerprint density at radius 1 is 1.07 bits per heavy atom. The quantitative estimate of drug-likeness (QED) is 0.451. The van der Waals surface area contributed by atoms with Crippen LogP contribution in [0.5, 0.6) is 11.8 Å². The Morgan fingerprint density at radius 2 is 1.90 bits per heavy atom. The molecule has 8 rings (SSSR count). The zero-order valence-corrected chi connectivity index (χ0v) is 23.6. The minimum Gasteiger partial charge on any atom is -0.508 e.